The van der Waals surface area contributed by atoms with Gasteiger partial charge in [-0.25, -0.2) is 8.78 Å². The summed E-state index contributed by atoms with van der Waals surface area (Å²) in [5.74, 6) is -1.71. The van der Waals surface area contributed by atoms with Gasteiger partial charge in [0.2, 0.25) is 5.91 Å². The van der Waals surface area contributed by atoms with E-state index in [1.54, 1.807) is 4.90 Å². The minimum atomic E-state index is -0.870. The van der Waals surface area contributed by atoms with Crippen LogP contribution < -0.4 is 5.73 Å². The van der Waals surface area contributed by atoms with Crippen LogP contribution in [0.1, 0.15) is 49.1 Å². The number of fused-ring (bicyclic) bond motifs is 1. The molecular formula is C18H22F2N2O2. The van der Waals surface area contributed by atoms with Crippen LogP contribution in [-0.4, -0.2) is 35.7 Å². The van der Waals surface area contributed by atoms with Gasteiger partial charge in [0, 0.05) is 44.3 Å². The van der Waals surface area contributed by atoms with Crippen LogP contribution in [0.15, 0.2) is 12.1 Å². The number of carbonyl (C=O) groups excluding carboxylic acids is 2. The van der Waals surface area contributed by atoms with E-state index >= 15 is 0 Å². The summed E-state index contributed by atoms with van der Waals surface area (Å²) in [5, 5.41) is 0. The largest absolute Gasteiger partial charge is 0.342 e. The second kappa shape index (κ2) is 6.97. The molecule has 1 aliphatic heterocycles. The zero-order chi connectivity index (χ0) is 17.3. The van der Waals surface area contributed by atoms with E-state index in [4.69, 9.17) is 5.73 Å². The summed E-state index contributed by atoms with van der Waals surface area (Å²) >= 11 is 0. The van der Waals surface area contributed by atoms with Crippen molar-refractivity contribution in [3.05, 3.63) is 34.9 Å². The highest BCUT2D eigenvalue weighted by atomic mass is 19.2. The second-order valence-corrected chi connectivity index (χ2v) is 6.75. The number of nitrogens with two attached hydrogens (primary N) is 1. The molecule has 1 aromatic rings. The molecule has 0 saturated carbocycles. The van der Waals surface area contributed by atoms with E-state index in [9.17, 15) is 18.4 Å². The van der Waals surface area contributed by atoms with E-state index in [2.05, 4.69) is 0 Å². The zero-order valence-corrected chi connectivity index (χ0v) is 13.6. The monoisotopic (exact) mass is 336 g/mol. The number of carbonyl (C=O) groups is 2. The standard InChI is InChI=1S/C18H22F2N2O2/c19-15-8-11-3-4-13(14(11)9-16(15)20)17(21)10-18(24)22-6-1-2-12(23)5-7-22/h8-9,13,17H,1-7,10,21H2/t13-,17-/m0/s1. The Morgan fingerprint density at radius 2 is 1.96 bits per heavy atom. The van der Waals surface area contributed by atoms with Gasteiger partial charge < -0.3 is 10.6 Å². The fraction of sp³-hybridized carbons (Fsp3) is 0.556. The molecular weight excluding hydrogens is 314 g/mol. The van der Waals surface area contributed by atoms with Crippen LogP contribution in [0.3, 0.4) is 0 Å². The average Bonchev–Trinajstić information content (AvgIpc) is 2.80. The zero-order valence-electron chi connectivity index (χ0n) is 13.6. The van der Waals surface area contributed by atoms with Crippen LogP contribution in [0, 0.1) is 11.6 Å². The Bertz CT molecular complexity index is 663. The lowest BCUT2D eigenvalue weighted by Gasteiger charge is -2.25. The summed E-state index contributed by atoms with van der Waals surface area (Å²) < 4.78 is 26.9. The highest BCUT2D eigenvalue weighted by Gasteiger charge is 2.31. The van der Waals surface area contributed by atoms with E-state index in [0.29, 0.717) is 45.2 Å². The van der Waals surface area contributed by atoms with Crippen molar-refractivity contribution in [3.8, 4) is 0 Å². The van der Waals surface area contributed by atoms with E-state index in [-0.39, 0.29) is 24.0 Å². The lowest BCUT2D eigenvalue weighted by atomic mass is 9.91. The number of ketones is 1. The molecule has 2 aliphatic rings. The van der Waals surface area contributed by atoms with Gasteiger partial charge in [0.1, 0.15) is 5.78 Å². The molecule has 1 aromatic carbocycles. The van der Waals surface area contributed by atoms with Crippen molar-refractivity contribution in [2.45, 2.75) is 50.5 Å². The first-order valence-electron chi connectivity index (χ1n) is 8.48. The second-order valence-electron chi connectivity index (χ2n) is 6.75. The van der Waals surface area contributed by atoms with Crippen LogP contribution in [0.4, 0.5) is 8.78 Å². The number of hydrogen-bond donors (Lipinski definition) is 1. The van der Waals surface area contributed by atoms with Gasteiger partial charge in [-0.1, -0.05) is 0 Å². The van der Waals surface area contributed by atoms with E-state index in [1.165, 1.54) is 12.1 Å². The van der Waals surface area contributed by atoms with Gasteiger partial charge in [-0.15, -0.1) is 0 Å². The number of nitrogens with zero attached hydrogens (tertiary/aromatic N) is 1. The predicted octanol–water partition coefficient (Wildman–Crippen LogP) is 2.29. The maximum Gasteiger partial charge on any atom is 0.224 e. The third-order valence-corrected chi connectivity index (χ3v) is 5.13. The molecule has 1 aliphatic carbocycles. The lowest BCUT2D eigenvalue weighted by Crippen LogP contribution is -2.38. The summed E-state index contributed by atoms with van der Waals surface area (Å²) in [5.41, 5.74) is 7.73. The molecule has 6 heteroatoms. The molecule has 0 bridgehead atoms. The number of rotatable bonds is 3. The number of likely N-dealkylation sites (tertiary alicyclic amines) is 1. The molecule has 2 atom stereocenters. The van der Waals surface area contributed by atoms with Crippen molar-refractivity contribution in [1.82, 2.24) is 4.90 Å². The molecule has 4 nitrogen and oxygen atoms in total. The molecule has 0 spiro atoms. The predicted molar refractivity (Wildman–Crippen MR) is 85.5 cm³/mol. The fourth-order valence-electron chi connectivity index (χ4n) is 3.76. The third-order valence-electron chi connectivity index (χ3n) is 5.13. The Balaban J connectivity index is 1.66. The summed E-state index contributed by atoms with van der Waals surface area (Å²) in [6.07, 6.45) is 3.13. The molecule has 2 N–H and O–H groups in total. The van der Waals surface area contributed by atoms with Crippen LogP contribution in [0.2, 0.25) is 0 Å². The fourth-order valence-corrected chi connectivity index (χ4v) is 3.76. The maximum atomic E-state index is 13.5. The van der Waals surface area contributed by atoms with Crippen molar-refractivity contribution in [2.24, 2.45) is 5.73 Å². The van der Waals surface area contributed by atoms with Crippen LogP contribution >= 0.6 is 0 Å². The summed E-state index contributed by atoms with van der Waals surface area (Å²) in [6.45, 7) is 1.03. The number of hydrogen-bond acceptors (Lipinski definition) is 3. The Morgan fingerprint density at radius 3 is 2.75 bits per heavy atom. The summed E-state index contributed by atoms with van der Waals surface area (Å²) in [6, 6.07) is 2.03. The summed E-state index contributed by atoms with van der Waals surface area (Å²) in [7, 11) is 0. The normalized spacial score (nSPS) is 22.2. The minimum absolute atomic E-state index is 0.0618. The van der Waals surface area contributed by atoms with E-state index < -0.39 is 17.7 Å². The van der Waals surface area contributed by atoms with Crippen molar-refractivity contribution < 1.29 is 18.4 Å². The molecule has 130 valence electrons. The van der Waals surface area contributed by atoms with Gasteiger partial charge in [0.25, 0.3) is 0 Å². The van der Waals surface area contributed by atoms with Crippen molar-refractivity contribution in [1.29, 1.82) is 0 Å². The SMILES string of the molecule is N[C@@H](CC(=O)N1CCCC(=O)CC1)[C@H]1CCc2cc(F)c(F)cc21. The minimum Gasteiger partial charge on any atom is -0.342 e. The first-order valence-corrected chi connectivity index (χ1v) is 8.48. The van der Waals surface area contributed by atoms with Gasteiger partial charge >= 0.3 is 0 Å². The Morgan fingerprint density at radius 1 is 1.21 bits per heavy atom. The van der Waals surface area contributed by atoms with Gasteiger partial charge in [-0.05, 0) is 42.5 Å². The number of halogens is 2. The van der Waals surface area contributed by atoms with Gasteiger partial charge in [-0.2, -0.15) is 0 Å². The molecule has 0 radical (unpaired) electrons. The lowest BCUT2D eigenvalue weighted by molar-refractivity contribution is -0.131. The van der Waals surface area contributed by atoms with E-state index in [0.717, 1.165) is 11.1 Å². The highest BCUT2D eigenvalue weighted by molar-refractivity contribution is 5.81. The first-order chi connectivity index (χ1) is 11.5. The quantitative estimate of drug-likeness (QED) is 0.921. The van der Waals surface area contributed by atoms with Crippen LogP contribution in [0.25, 0.3) is 0 Å². The van der Waals surface area contributed by atoms with Gasteiger partial charge in [0.05, 0.1) is 0 Å². The Labute approximate surface area is 140 Å². The first kappa shape index (κ1) is 17.0. The average molecular weight is 336 g/mol. The molecule has 0 unspecified atom stereocenters. The maximum absolute atomic E-state index is 13.5. The Kier molecular flexibility index (Phi) is 4.94. The molecule has 1 heterocycles. The third kappa shape index (κ3) is 3.48. The van der Waals surface area contributed by atoms with Crippen LogP contribution in [0.5, 0.6) is 0 Å². The number of benzene rings is 1. The van der Waals surface area contributed by atoms with Gasteiger partial charge in [0.15, 0.2) is 11.6 Å². The Hall–Kier alpha value is -1.82. The molecule has 1 fully saturated rings. The summed E-state index contributed by atoms with van der Waals surface area (Å²) in [4.78, 5) is 25.6. The van der Waals surface area contributed by atoms with Crippen molar-refractivity contribution in [3.63, 3.8) is 0 Å². The smallest absolute Gasteiger partial charge is 0.224 e. The van der Waals surface area contributed by atoms with Gasteiger partial charge in [-0.3, -0.25) is 9.59 Å². The van der Waals surface area contributed by atoms with Crippen molar-refractivity contribution >= 4 is 11.7 Å². The molecule has 24 heavy (non-hydrogen) atoms. The molecule has 3 rings (SSSR count). The molecule has 0 aromatic heterocycles. The number of aryl methyl sites for hydroxylation is 1. The van der Waals surface area contributed by atoms with E-state index in [1.807, 2.05) is 0 Å². The molecule has 1 saturated heterocycles. The topological polar surface area (TPSA) is 63.4 Å². The number of Topliss-reactive ketones (excluding diaryl/α,β-unsaturated/α-hetero) is 1. The van der Waals surface area contributed by atoms with Crippen molar-refractivity contribution in [2.75, 3.05) is 13.1 Å². The highest BCUT2D eigenvalue weighted by Crippen LogP contribution is 2.37. The molecule has 1 amide bonds. The number of amides is 1. The van der Waals surface area contributed by atoms with Crippen LogP contribution in [-0.2, 0) is 16.0 Å².